The number of rotatable bonds is 13. The third-order valence-electron chi connectivity index (χ3n) is 6.31. The van der Waals surface area contributed by atoms with Crippen LogP contribution in [-0.4, -0.2) is 66.3 Å². The van der Waals surface area contributed by atoms with E-state index in [1.807, 2.05) is 0 Å². The zero-order valence-corrected chi connectivity index (χ0v) is 23.3. The number of hydrogen-bond donors (Lipinski definition) is 1. The van der Waals surface area contributed by atoms with E-state index in [0.29, 0.717) is 0 Å². The Labute approximate surface area is 252 Å². The van der Waals surface area contributed by atoms with Gasteiger partial charge in [0.2, 0.25) is 0 Å². The van der Waals surface area contributed by atoms with E-state index < -0.39 is 54.9 Å². The van der Waals surface area contributed by atoms with Crippen LogP contribution in [0.25, 0.3) is 0 Å². The lowest BCUT2D eigenvalue weighted by Gasteiger charge is -2.32. The summed E-state index contributed by atoms with van der Waals surface area (Å²) in [6, 6.07) is 31.0. The Balaban J connectivity index is 1.68. The van der Waals surface area contributed by atoms with Crippen LogP contribution in [0.3, 0.4) is 0 Å². The molecule has 4 aromatic carbocycles. The van der Waals surface area contributed by atoms with Gasteiger partial charge >= 0.3 is 23.9 Å². The number of esters is 4. The molecule has 0 heterocycles. The van der Waals surface area contributed by atoms with Crippen LogP contribution in [0.15, 0.2) is 121 Å². The average molecular weight is 597 g/mol. The Morgan fingerprint density at radius 3 is 1.25 bits per heavy atom. The van der Waals surface area contributed by atoms with Crippen LogP contribution in [0.1, 0.15) is 41.4 Å². The first kappa shape index (κ1) is 31.3. The summed E-state index contributed by atoms with van der Waals surface area (Å²) in [6.45, 7) is -0.738. The van der Waals surface area contributed by atoms with Crippen LogP contribution in [-0.2, 0) is 23.7 Å². The second-order valence-corrected chi connectivity index (χ2v) is 9.38. The van der Waals surface area contributed by atoms with Crippen LogP contribution in [0.4, 0.5) is 0 Å². The van der Waals surface area contributed by atoms with Gasteiger partial charge in [0.15, 0.2) is 24.6 Å². The fourth-order valence-electron chi connectivity index (χ4n) is 4.07. The summed E-state index contributed by atoms with van der Waals surface area (Å²) >= 11 is 0. The molecule has 0 bridgehead atoms. The molecule has 0 aliphatic heterocycles. The van der Waals surface area contributed by atoms with Crippen molar-refractivity contribution in [1.29, 1.82) is 0 Å². The highest BCUT2D eigenvalue weighted by Crippen LogP contribution is 2.21. The Morgan fingerprint density at radius 2 is 0.864 bits per heavy atom. The van der Waals surface area contributed by atoms with E-state index in [9.17, 15) is 29.1 Å². The monoisotopic (exact) mass is 596 g/mol. The maximum atomic E-state index is 13.2. The Kier molecular flexibility index (Phi) is 11.1. The van der Waals surface area contributed by atoms with Crippen molar-refractivity contribution in [1.82, 2.24) is 0 Å². The van der Waals surface area contributed by atoms with Crippen molar-refractivity contribution < 1.29 is 48.0 Å². The Hall–Kier alpha value is -5.61. The minimum atomic E-state index is -1.87. The minimum Gasteiger partial charge on any atom is -0.459 e. The second-order valence-electron chi connectivity index (χ2n) is 9.38. The van der Waals surface area contributed by atoms with Crippen molar-refractivity contribution in [2.24, 2.45) is 0 Å². The summed E-state index contributed by atoms with van der Waals surface area (Å²) in [5.41, 5.74) is 0.410. The van der Waals surface area contributed by atoms with E-state index >= 15 is 0 Å². The molecule has 0 aromatic heterocycles. The maximum Gasteiger partial charge on any atom is 0.338 e. The summed E-state index contributed by atoms with van der Waals surface area (Å²) in [7, 11) is 0. The van der Waals surface area contributed by atoms with Gasteiger partial charge in [0.05, 0.1) is 22.3 Å². The highest BCUT2D eigenvalue weighted by molar-refractivity contribution is 5.92. The molecule has 0 spiro atoms. The molecule has 4 atom stereocenters. The molecule has 0 aliphatic carbocycles. The summed E-state index contributed by atoms with van der Waals surface area (Å²) in [5.74, 6) is -3.66. The van der Waals surface area contributed by atoms with Crippen LogP contribution >= 0.6 is 0 Å². The van der Waals surface area contributed by atoms with E-state index in [0.717, 1.165) is 0 Å². The molecule has 0 saturated carbocycles. The van der Waals surface area contributed by atoms with Gasteiger partial charge in [-0.15, -0.1) is 0 Å². The van der Waals surface area contributed by atoms with Gasteiger partial charge in [0, 0.05) is 0 Å². The highest BCUT2D eigenvalue weighted by Gasteiger charge is 2.43. The molecule has 0 aliphatic rings. The number of aliphatic hydroxyl groups is 1. The van der Waals surface area contributed by atoms with Crippen molar-refractivity contribution in [3.8, 4) is 0 Å². The lowest BCUT2D eigenvalue weighted by Crippen LogP contribution is -2.52. The number of aldehydes is 1. The SMILES string of the molecule is O=C[C@@H](OC(=O)c1ccccc1)[C@@H](OC(=O)c1ccccc1)[C@H](OC(=O)c1ccccc1)[C@H](O)COC(=O)c1ccccc1. The van der Waals surface area contributed by atoms with Gasteiger partial charge in [-0.3, -0.25) is 4.79 Å². The topological polar surface area (TPSA) is 143 Å². The summed E-state index contributed by atoms with van der Waals surface area (Å²) in [4.78, 5) is 64.2. The molecule has 0 radical (unpaired) electrons. The maximum absolute atomic E-state index is 13.2. The molecule has 4 aromatic rings. The molecular weight excluding hydrogens is 568 g/mol. The van der Waals surface area contributed by atoms with E-state index in [-0.39, 0.29) is 28.5 Å². The van der Waals surface area contributed by atoms with Crippen LogP contribution < -0.4 is 0 Å². The van der Waals surface area contributed by atoms with Gasteiger partial charge in [0.1, 0.15) is 12.7 Å². The van der Waals surface area contributed by atoms with Gasteiger partial charge in [0.25, 0.3) is 0 Å². The van der Waals surface area contributed by atoms with E-state index in [4.69, 9.17) is 18.9 Å². The highest BCUT2D eigenvalue weighted by atomic mass is 16.6. The van der Waals surface area contributed by atoms with Crippen molar-refractivity contribution in [2.45, 2.75) is 24.4 Å². The number of carbonyl (C=O) groups is 5. The minimum absolute atomic E-state index is 0.0645. The first-order valence-electron chi connectivity index (χ1n) is 13.5. The third-order valence-corrected chi connectivity index (χ3v) is 6.31. The van der Waals surface area contributed by atoms with Gasteiger partial charge in [-0.1, -0.05) is 72.8 Å². The zero-order valence-electron chi connectivity index (χ0n) is 23.3. The molecule has 10 nitrogen and oxygen atoms in total. The quantitative estimate of drug-likeness (QED) is 0.136. The molecule has 0 amide bonds. The van der Waals surface area contributed by atoms with Crippen LogP contribution in [0.5, 0.6) is 0 Å². The van der Waals surface area contributed by atoms with E-state index in [1.54, 1.807) is 72.8 Å². The van der Waals surface area contributed by atoms with Crippen LogP contribution in [0, 0.1) is 0 Å². The molecule has 10 heteroatoms. The van der Waals surface area contributed by atoms with E-state index in [2.05, 4.69) is 0 Å². The molecule has 1 N–H and O–H groups in total. The van der Waals surface area contributed by atoms with Gasteiger partial charge in [-0.2, -0.15) is 0 Å². The van der Waals surface area contributed by atoms with Crippen LogP contribution in [0.2, 0.25) is 0 Å². The first-order valence-corrected chi connectivity index (χ1v) is 13.5. The summed E-state index contributed by atoms with van der Waals surface area (Å²) in [6.07, 6.45) is -7.23. The predicted octanol–water partition coefficient (Wildman–Crippen LogP) is 4.08. The number of carbonyl (C=O) groups excluding carboxylic acids is 5. The molecule has 224 valence electrons. The third kappa shape index (κ3) is 8.46. The van der Waals surface area contributed by atoms with Crippen molar-refractivity contribution in [2.75, 3.05) is 6.61 Å². The molecule has 4 rings (SSSR count). The normalized spacial score (nSPS) is 13.3. The summed E-state index contributed by atoms with van der Waals surface area (Å²) in [5, 5.41) is 11.2. The standard InChI is InChI=1S/C34H28O10/c35-21-28(42-32(38)24-15-7-2-8-16-24)30(44-34(40)26-19-11-4-12-20-26)29(43-33(39)25-17-9-3-10-18-25)27(36)22-41-31(37)23-13-5-1-6-14-23/h1-21,27-30,36H,22H2/t27-,28-,29-,30-/m1/s1. The predicted molar refractivity (Wildman–Crippen MR) is 156 cm³/mol. The Bertz CT molecular complexity index is 1540. The first-order chi connectivity index (χ1) is 21.4. The molecular formula is C34H28O10. The second kappa shape index (κ2) is 15.6. The van der Waals surface area contributed by atoms with Crippen molar-refractivity contribution in [3.63, 3.8) is 0 Å². The van der Waals surface area contributed by atoms with Gasteiger partial charge in [-0.25, -0.2) is 19.2 Å². The number of hydrogen-bond acceptors (Lipinski definition) is 10. The molecule has 0 saturated heterocycles. The number of aliphatic hydroxyl groups excluding tert-OH is 1. The van der Waals surface area contributed by atoms with Crippen molar-refractivity contribution >= 4 is 30.2 Å². The molecule has 0 fully saturated rings. The lowest BCUT2D eigenvalue weighted by molar-refractivity contribution is -0.142. The zero-order chi connectivity index (χ0) is 31.3. The molecule has 0 unspecified atom stereocenters. The Morgan fingerprint density at radius 1 is 0.523 bits per heavy atom. The lowest BCUT2D eigenvalue weighted by atomic mass is 10.0. The summed E-state index contributed by atoms with van der Waals surface area (Å²) < 4.78 is 21.9. The molecule has 44 heavy (non-hydrogen) atoms. The average Bonchev–Trinajstić information content (AvgIpc) is 3.08. The van der Waals surface area contributed by atoms with Crippen molar-refractivity contribution in [3.05, 3.63) is 144 Å². The fourth-order valence-corrected chi connectivity index (χ4v) is 4.07. The van der Waals surface area contributed by atoms with Gasteiger partial charge < -0.3 is 24.1 Å². The largest absolute Gasteiger partial charge is 0.459 e. The smallest absolute Gasteiger partial charge is 0.338 e. The van der Waals surface area contributed by atoms with E-state index in [1.165, 1.54) is 48.5 Å². The fraction of sp³-hybridized carbons (Fsp3) is 0.147. The number of ether oxygens (including phenoxy) is 4. The number of benzene rings is 4. The van der Waals surface area contributed by atoms with Gasteiger partial charge in [-0.05, 0) is 48.5 Å².